The molecule has 0 nitrogen and oxygen atoms in total. The second kappa shape index (κ2) is 8.58. The largest absolute Gasteiger partial charge is 0.0801 e. The molecule has 1 fully saturated rings. The first-order valence-electron chi connectivity index (χ1n) is 12.4. The first-order valence-corrected chi connectivity index (χ1v) is 12.4. The summed E-state index contributed by atoms with van der Waals surface area (Å²) in [5.74, 6) is 0. The van der Waals surface area contributed by atoms with Gasteiger partial charge in [-0.2, -0.15) is 0 Å². The van der Waals surface area contributed by atoms with Gasteiger partial charge in [-0.3, -0.25) is 0 Å². The average Bonchev–Trinajstić information content (AvgIpc) is 2.95. The second-order valence-corrected chi connectivity index (χ2v) is 9.68. The fourth-order valence-corrected chi connectivity index (χ4v) is 6.93. The Morgan fingerprint density at radius 3 is 1.27 bits per heavy atom. The van der Waals surface area contributed by atoms with Gasteiger partial charge in [0.2, 0.25) is 0 Å². The molecule has 0 aliphatic heterocycles. The van der Waals surface area contributed by atoms with Crippen LogP contribution in [0.5, 0.6) is 0 Å². The van der Waals surface area contributed by atoms with Crippen LogP contribution in [-0.4, -0.2) is 0 Å². The van der Waals surface area contributed by atoms with Gasteiger partial charge in [0.25, 0.3) is 0 Å². The maximum Gasteiger partial charge on any atom is 0.0339 e. The van der Waals surface area contributed by atoms with Crippen LogP contribution in [0.1, 0.15) is 88.2 Å². The number of hydrogen-bond donors (Lipinski definition) is 0. The molecule has 0 radical (unpaired) electrons. The second-order valence-electron chi connectivity index (χ2n) is 9.68. The molecular formula is C30H36. The van der Waals surface area contributed by atoms with Gasteiger partial charge in [0.05, 0.1) is 0 Å². The normalized spacial score (nSPS) is 33.2. The van der Waals surface area contributed by atoms with Crippen LogP contribution in [-0.2, 0) is 10.8 Å². The van der Waals surface area contributed by atoms with Crippen molar-refractivity contribution in [3.63, 3.8) is 0 Å². The fraction of sp³-hybridized carbons (Fsp3) is 0.467. The molecule has 0 unspecified atom stereocenters. The Morgan fingerprint density at radius 1 is 0.433 bits per heavy atom. The molecule has 156 valence electrons. The van der Waals surface area contributed by atoms with Crippen molar-refractivity contribution in [1.29, 1.82) is 0 Å². The predicted molar refractivity (Wildman–Crippen MR) is 128 cm³/mol. The smallest absolute Gasteiger partial charge is 0.0339 e. The molecule has 0 heteroatoms. The van der Waals surface area contributed by atoms with Crippen LogP contribution in [0, 0.1) is 0 Å². The highest BCUT2D eigenvalue weighted by molar-refractivity contribution is 5.71. The molecule has 1 saturated carbocycles. The van der Waals surface area contributed by atoms with E-state index in [9.17, 15) is 0 Å². The molecule has 2 aromatic rings. The highest BCUT2D eigenvalue weighted by Gasteiger charge is 2.65. The molecular weight excluding hydrogens is 360 g/mol. The van der Waals surface area contributed by atoms with E-state index in [1.165, 1.54) is 77.0 Å². The first-order chi connectivity index (χ1) is 14.9. The fourth-order valence-electron chi connectivity index (χ4n) is 6.93. The highest BCUT2D eigenvalue weighted by Crippen LogP contribution is 2.70. The van der Waals surface area contributed by atoms with Crippen molar-refractivity contribution in [3.05, 3.63) is 95.1 Å². The van der Waals surface area contributed by atoms with Crippen LogP contribution in [0.25, 0.3) is 0 Å². The van der Waals surface area contributed by atoms with E-state index in [0.29, 0.717) is 0 Å². The lowest BCUT2D eigenvalue weighted by Gasteiger charge is -2.65. The zero-order chi connectivity index (χ0) is 20.3. The molecule has 0 bridgehead atoms. The minimum Gasteiger partial charge on any atom is -0.0801 e. The van der Waals surface area contributed by atoms with Gasteiger partial charge in [0.15, 0.2) is 0 Å². The lowest BCUT2D eigenvalue weighted by Crippen LogP contribution is -2.61. The Labute approximate surface area is 183 Å². The monoisotopic (exact) mass is 396 g/mol. The van der Waals surface area contributed by atoms with Crippen LogP contribution in [0.4, 0.5) is 0 Å². The standard InChI is InChI=1S/C30H36/c1-3-13-21-27-28-22-14-4-2-6-16-24-30(28,26-19-11-8-12-20-26)29(27,23-15-5-1)25-17-9-7-10-18-25/h7-12,17-22H,1-6,13-16,23-24H2/b27-21-,28-22-/t29-,30+. The molecule has 0 saturated heterocycles. The first kappa shape index (κ1) is 19.9. The van der Waals surface area contributed by atoms with Crippen LogP contribution >= 0.6 is 0 Å². The number of hydrogen-bond acceptors (Lipinski definition) is 0. The van der Waals surface area contributed by atoms with Gasteiger partial charge >= 0.3 is 0 Å². The summed E-state index contributed by atoms with van der Waals surface area (Å²) in [7, 11) is 0. The molecule has 2 atom stereocenters. The van der Waals surface area contributed by atoms with Gasteiger partial charge in [0, 0.05) is 10.8 Å². The summed E-state index contributed by atoms with van der Waals surface area (Å²) < 4.78 is 0. The number of benzene rings is 2. The van der Waals surface area contributed by atoms with Crippen LogP contribution in [0.2, 0.25) is 0 Å². The molecule has 0 heterocycles. The Balaban J connectivity index is 1.79. The lowest BCUT2D eigenvalue weighted by molar-refractivity contribution is 0.192. The van der Waals surface area contributed by atoms with Crippen LogP contribution < -0.4 is 0 Å². The van der Waals surface area contributed by atoms with Crippen molar-refractivity contribution < 1.29 is 0 Å². The van der Waals surface area contributed by atoms with Gasteiger partial charge in [-0.1, -0.05) is 111 Å². The van der Waals surface area contributed by atoms with Gasteiger partial charge in [0.1, 0.15) is 0 Å². The quantitative estimate of drug-likeness (QED) is 0.478. The van der Waals surface area contributed by atoms with Gasteiger partial charge < -0.3 is 0 Å². The Bertz CT molecular complexity index is 826. The van der Waals surface area contributed by atoms with E-state index in [-0.39, 0.29) is 10.8 Å². The molecule has 0 amide bonds. The van der Waals surface area contributed by atoms with Crippen molar-refractivity contribution in [2.45, 2.75) is 87.9 Å². The summed E-state index contributed by atoms with van der Waals surface area (Å²) in [5, 5.41) is 0. The van der Waals surface area contributed by atoms with E-state index in [1.807, 2.05) is 0 Å². The summed E-state index contributed by atoms with van der Waals surface area (Å²) in [6.07, 6.45) is 21.3. The van der Waals surface area contributed by atoms with Crippen molar-refractivity contribution in [2.75, 3.05) is 0 Å². The number of fused-ring (bicyclic) bond motifs is 4. The molecule has 0 aromatic heterocycles. The zero-order valence-corrected chi connectivity index (χ0v) is 18.4. The Morgan fingerprint density at radius 2 is 0.833 bits per heavy atom. The maximum atomic E-state index is 2.66. The summed E-state index contributed by atoms with van der Waals surface area (Å²) in [4.78, 5) is 0. The average molecular weight is 397 g/mol. The summed E-state index contributed by atoms with van der Waals surface area (Å²) in [6, 6.07) is 23.2. The molecule has 0 N–H and O–H groups in total. The van der Waals surface area contributed by atoms with Crippen molar-refractivity contribution in [1.82, 2.24) is 0 Å². The Hall–Kier alpha value is -2.08. The van der Waals surface area contributed by atoms with Crippen molar-refractivity contribution in [2.24, 2.45) is 0 Å². The van der Waals surface area contributed by atoms with Gasteiger partial charge in [-0.25, -0.2) is 0 Å². The van der Waals surface area contributed by atoms with E-state index in [0.717, 1.165) is 0 Å². The molecule has 3 aliphatic carbocycles. The minimum atomic E-state index is 0.135. The molecule has 2 aromatic carbocycles. The SMILES string of the molecule is C1=C2/C3=C/CCCCCC[C@@]3(c3ccccc3)[C@@]2(c2ccccc2)CCCCCC/1. The highest BCUT2D eigenvalue weighted by atomic mass is 14.7. The maximum absolute atomic E-state index is 2.66. The van der Waals surface area contributed by atoms with Gasteiger partial charge in [-0.15, -0.1) is 0 Å². The van der Waals surface area contributed by atoms with E-state index in [1.54, 1.807) is 22.3 Å². The molecule has 3 aliphatic rings. The third kappa shape index (κ3) is 3.03. The van der Waals surface area contributed by atoms with E-state index >= 15 is 0 Å². The number of rotatable bonds is 2. The molecule has 5 rings (SSSR count). The lowest BCUT2D eigenvalue weighted by atomic mass is 9.37. The zero-order valence-electron chi connectivity index (χ0n) is 18.4. The summed E-state index contributed by atoms with van der Waals surface area (Å²) in [6.45, 7) is 0. The Kier molecular flexibility index (Phi) is 5.68. The van der Waals surface area contributed by atoms with Crippen molar-refractivity contribution in [3.8, 4) is 0 Å². The third-order valence-corrected chi connectivity index (χ3v) is 8.18. The van der Waals surface area contributed by atoms with Crippen molar-refractivity contribution >= 4 is 0 Å². The third-order valence-electron chi connectivity index (χ3n) is 8.18. The van der Waals surface area contributed by atoms with E-state index in [4.69, 9.17) is 0 Å². The van der Waals surface area contributed by atoms with Crippen LogP contribution in [0.3, 0.4) is 0 Å². The topological polar surface area (TPSA) is 0 Å². The number of allylic oxidation sites excluding steroid dienone is 4. The summed E-state index contributed by atoms with van der Waals surface area (Å²) in [5.41, 5.74) is 6.74. The van der Waals surface area contributed by atoms with E-state index < -0.39 is 0 Å². The van der Waals surface area contributed by atoms with Crippen LogP contribution in [0.15, 0.2) is 84.0 Å². The molecule has 0 spiro atoms. The van der Waals surface area contributed by atoms with Gasteiger partial charge in [-0.05, 0) is 60.8 Å². The minimum absolute atomic E-state index is 0.135. The molecule has 30 heavy (non-hydrogen) atoms. The predicted octanol–water partition coefficient (Wildman–Crippen LogP) is 8.44. The van der Waals surface area contributed by atoms with E-state index in [2.05, 4.69) is 72.8 Å². The summed E-state index contributed by atoms with van der Waals surface area (Å²) >= 11 is 0.